The lowest BCUT2D eigenvalue weighted by molar-refractivity contribution is 0.316. The fourth-order valence-corrected chi connectivity index (χ4v) is 2.61. The van der Waals surface area contributed by atoms with Crippen LogP contribution in [0.1, 0.15) is 57.6 Å². The standard InChI is InChI=1S/C18H32N2/c1-5-6-7-9-12-16(2)19-18(15-20(3)4)17-13-10-8-11-14-17/h8,10-11,13-14,16,18-19H,5-7,9,12,15H2,1-4H3. The van der Waals surface area contributed by atoms with Crippen molar-refractivity contribution in [2.45, 2.75) is 58.0 Å². The average molecular weight is 276 g/mol. The zero-order chi connectivity index (χ0) is 14.8. The summed E-state index contributed by atoms with van der Waals surface area (Å²) in [6.45, 7) is 5.63. The molecule has 0 radical (unpaired) electrons. The van der Waals surface area contributed by atoms with Gasteiger partial charge >= 0.3 is 0 Å². The number of nitrogens with zero attached hydrogens (tertiary/aromatic N) is 1. The molecule has 0 bridgehead atoms. The topological polar surface area (TPSA) is 15.3 Å². The molecule has 2 nitrogen and oxygen atoms in total. The molecule has 1 rings (SSSR count). The summed E-state index contributed by atoms with van der Waals surface area (Å²) in [5.74, 6) is 0. The van der Waals surface area contributed by atoms with Crippen molar-refractivity contribution < 1.29 is 0 Å². The number of hydrogen-bond donors (Lipinski definition) is 1. The van der Waals surface area contributed by atoms with Crippen LogP contribution in [0, 0.1) is 0 Å². The number of hydrogen-bond acceptors (Lipinski definition) is 2. The Labute approximate surface area is 125 Å². The van der Waals surface area contributed by atoms with E-state index in [1.165, 1.54) is 37.7 Å². The van der Waals surface area contributed by atoms with Gasteiger partial charge in [-0.2, -0.15) is 0 Å². The van der Waals surface area contributed by atoms with Gasteiger partial charge in [-0.25, -0.2) is 0 Å². The van der Waals surface area contributed by atoms with Gasteiger partial charge in [0, 0.05) is 18.6 Å². The van der Waals surface area contributed by atoms with E-state index in [-0.39, 0.29) is 0 Å². The Morgan fingerprint density at radius 2 is 1.75 bits per heavy atom. The van der Waals surface area contributed by atoms with E-state index in [0.717, 1.165) is 6.54 Å². The molecule has 1 aromatic rings. The molecular weight excluding hydrogens is 244 g/mol. The number of nitrogens with one attached hydrogen (secondary N) is 1. The molecule has 0 aliphatic heterocycles. The molecule has 2 unspecified atom stereocenters. The van der Waals surface area contributed by atoms with Gasteiger partial charge in [0.05, 0.1) is 0 Å². The molecule has 0 saturated carbocycles. The molecule has 2 heteroatoms. The fraction of sp³-hybridized carbons (Fsp3) is 0.667. The first-order valence-electron chi connectivity index (χ1n) is 8.09. The molecule has 0 aromatic heterocycles. The van der Waals surface area contributed by atoms with Crippen LogP contribution in [0.5, 0.6) is 0 Å². The van der Waals surface area contributed by atoms with Crippen molar-refractivity contribution in [3.63, 3.8) is 0 Å². The van der Waals surface area contributed by atoms with Gasteiger partial charge in [0.1, 0.15) is 0 Å². The molecule has 0 aliphatic carbocycles. The molecule has 0 saturated heterocycles. The van der Waals surface area contributed by atoms with Crippen molar-refractivity contribution in [2.24, 2.45) is 0 Å². The molecule has 0 amide bonds. The molecule has 2 atom stereocenters. The highest BCUT2D eigenvalue weighted by Crippen LogP contribution is 2.16. The van der Waals surface area contributed by atoms with Crippen LogP contribution in [0.25, 0.3) is 0 Å². The molecular formula is C18H32N2. The van der Waals surface area contributed by atoms with Crippen molar-refractivity contribution in [3.8, 4) is 0 Å². The van der Waals surface area contributed by atoms with Crippen LogP contribution in [0.2, 0.25) is 0 Å². The highest BCUT2D eigenvalue weighted by atomic mass is 15.1. The molecule has 1 aromatic carbocycles. The molecule has 0 fully saturated rings. The zero-order valence-electron chi connectivity index (χ0n) is 13.7. The number of rotatable bonds is 10. The lowest BCUT2D eigenvalue weighted by Gasteiger charge is -2.26. The van der Waals surface area contributed by atoms with E-state index >= 15 is 0 Å². The van der Waals surface area contributed by atoms with E-state index in [9.17, 15) is 0 Å². The van der Waals surface area contributed by atoms with E-state index in [2.05, 4.69) is 68.5 Å². The van der Waals surface area contributed by atoms with Crippen molar-refractivity contribution in [1.82, 2.24) is 10.2 Å². The molecule has 0 spiro atoms. The normalized spacial score (nSPS) is 14.4. The Morgan fingerprint density at radius 3 is 2.35 bits per heavy atom. The van der Waals surface area contributed by atoms with Gasteiger partial charge in [-0.15, -0.1) is 0 Å². The van der Waals surface area contributed by atoms with E-state index in [1.54, 1.807) is 0 Å². The van der Waals surface area contributed by atoms with Gasteiger partial charge in [0.25, 0.3) is 0 Å². The molecule has 0 aliphatic rings. The number of benzene rings is 1. The van der Waals surface area contributed by atoms with Gasteiger partial charge in [-0.05, 0) is 33.0 Å². The Hall–Kier alpha value is -0.860. The van der Waals surface area contributed by atoms with Crippen molar-refractivity contribution in [1.29, 1.82) is 0 Å². The monoisotopic (exact) mass is 276 g/mol. The summed E-state index contributed by atoms with van der Waals surface area (Å²) in [5.41, 5.74) is 1.39. The first-order chi connectivity index (χ1) is 9.63. The maximum absolute atomic E-state index is 3.80. The van der Waals surface area contributed by atoms with Crippen LogP contribution in [-0.4, -0.2) is 31.6 Å². The van der Waals surface area contributed by atoms with Crippen LogP contribution in [-0.2, 0) is 0 Å². The fourth-order valence-electron chi connectivity index (χ4n) is 2.61. The van der Waals surface area contributed by atoms with Gasteiger partial charge < -0.3 is 10.2 Å². The second kappa shape index (κ2) is 9.95. The van der Waals surface area contributed by atoms with Gasteiger partial charge in [-0.1, -0.05) is 62.9 Å². The third kappa shape index (κ3) is 7.06. The summed E-state index contributed by atoms with van der Waals surface area (Å²) in [6, 6.07) is 11.8. The smallest absolute Gasteiger partial charge is 0.0451 e. The quantitative estimate of drug-likeness (QED) is 0.643. The highest BCUT2D eigenvalue weighted by Gasteiger charge is 2.14. The predicted octanol–water partition coefficient (Wildman–Crippen LogP) is 4.24. The molecule has 20 heavy (non-hydrogen) atoms. The lowest BCUT2D eigenvalue weighted by atomic mass is 10.0. The first-order valence-corrected chi connectivity index (χ1v) is 8.09. The average Bonchev–Trinajstić information content (AvgIpc) is 2.43. The van der Waals surface area contributed by atoms with Crippen LogP contribution in [0.4, 0.5) is 0 Å². The number of unbranched alkanes of at least 4 members (excludes halogenated alkanes) is 3. The van der Waals surface area contributed by atoms with Gasteiger partial charge in [0.2, 0.25) is 0 Å². The maximum atomic E-state index is 3.80. The van der Waals surface area contributed by atoms with E-state index < -0.39 is 0 Å². The minimum Gasteiger partial charge on any atom is -0.308 e. The first kappa shape index (κ1) is 17.2. The largest absolute Gasteiger partial charge is 0.308 e. The molecule has 114 valence electrons. The summed E-state index contributed by atoms with van der Waals surface area (Å²) in [5, 5.41) is 3.80. The number of likely N-dealkylation sites (N-methyl/N-ethyl adjacent to an activating group) is 1. The van der Waals surface area contributed by atoms with Gasteiger partial charge in [-0.3, -0.25) is 0 Å². The van der Waals surface area contributed by atoms with Crippen molar-refractivity contribution in [3.05, 3.63) is 35.9 Å². The summed E-state index contributed by atoms with van der Waals surface area (Å²) in [6.07, 6.45) is 6.66. The van der Waals surface area contributed by atoms with E-state index in [1.807, 2.05) is 0 Å². The second-order valence-corrected chi connectivity index (χ2v) is 6.14. The van der Waals surface area contributed by atoms with Crippen LogP contribution in [0.15, 0.2) is 30.3 Å². The van der Waals surface area contributed by atoms with Crippen LogP contribution in [0.3, 0.4) is 0 Å². The summed E-state index contributed by atoms with van der Waals surface area (Å²) >= 11 is 0. The molecule has 0 heterocycles. The van der Waals surface area contributed by atoms with Crippen molar-refractivity contribution in [2.75, 3.05) is 20.6 Å². The minimum absolute atomic E-state index is 0.423. The Balaban J connectivity index is 2.48. The Kier molecular flexibility index (Phi) is 8.56. The lowest BCUT2D eigenvalue weighted by Crippen LogP contribution is -2.36. The van der Waals surface area contributed by atoms with Gasteiger partial charge in [0.15, 0.2) is 0 Å². The summed E-state index contributed by atoms with van der Waals surface area (Å²) in [7, 11) is 4.28. The molecule has 1 N–H and O–H groups in total. The summed E-state index contributed by atoms with van der Waals surface area (Å²) in [4.78, 5) is 2.26. The minimum atomic E-state index is 0.423. The summed E-state index contributed by atoms with van der Waals surface area (Å²) < 4.78 is 0. The van der Waals surface area contributed by atoms with Crippen LogP contribution < -0.4 is 5.32 Å². The predicted molar refractivity (Wildman–Crippen MR) is 89.1 cm³/mol. The highest BCUT2D eigenvalue weighted by molar-refractivity contribution is 5.19. The Bertz CT molecular complexity index is 335. The van der Waals surface area contributed by atoms with E-state index in [4.69, 9.17) is 0 Å². The SMILES string of the molecule is CCCCCCC(C)NC(CN(C)C)c1ccccc1. The third-order valence-electron chi connectivity index (χ3n) is 3.73. The third-order valence-corrected chi connectivity index (χ3v) is 3.73. The second-order valence-electron chi connectivity index (χ2n) is 6.14. The zero-order valence-corrected chi connectivity index (χ0v) is 13.7. The van der Waals surface area contributed by atoms with E-state index in [0.29, 0.717) is 12.1 Å². The van der Waals surface area contributed by atoms with Crippen molar-refractivity contribution >= 4 is 0 Å². The maximum Gasteiger partial charge on any atom is 0.0451 e. The Morgan fingerprint density at radius 1 is 1.05 bits per heavy atom. The van der Waals surface area contributed by atoms with Crippen LogP contribution >= 0.6 is 0 Å².